The van der Waals surface area contributed by atoms with Gasteiger partial charge in [0, 0.05) is 13.0 Å². The number of carboxylic acids is 2. The summed E-state index contributed by atoms with van der Waals surface area (Å²) in [5.41, 5.74) is 16.4. The van der Waals surface area contributed by atoms with Crippen LogP contribution in [0.1, 0.15) is 24.8 Å². The van der Waals surface area contributed by atoms with Gasteiger partial charge in [-0.05, 0) is 30.5 Å². The Balaban J connectivity index is 3.08. The number of phenols is 1. The van der Waals surface area contributed by atoms with Crippen LogP contribution in [0.5, 0.6) is 5.75 Å². The summed E-state index contributed by atoms with van der Waals surface area (Å²) in [4.78, 5) is 64.7. The molecule has 0 aromatic heterocycles. The van der Waals surface area contributed by atoms with Crippen molar-refractivity contribution in [2.24, 2.45) is 22.2 Å². The largest absolute Gasteiger partial charge is 0.508 e. The lowest BCUT2D eigenvalue weighted by Gasteiger charge is -2.24. The van der Waals surface area contributed by atoms with Gasteiger partial charge in [-0.3, -0.25) is 24.2 Å². The smallest absolute Gasteiger partial charge is 0.326 e. The number of hydrogen-bond donors (Lipinski definition) is 10. The van der Waals surface area contributed by atoms with Crippen LogP contribution in [0.4, 0.5) is 0 Å². The van der Waals surface area contributed by atoms with E-state index < -0.39 is 66.9 Å². The van der Waals surface area contributed by atoms with Gasteiger partial charge in [-0.25, -0.2) is 4.79 Å². The molecular formula is C22H33N7O9. The third kappa shape index (κ3) is 11.5. The predicted molar refractivity (Wildman–Crippen MR) is 132 cm³/mol. The van der Waals surface area contributed by atoms with Crippen LogP contribution < -0.4 is 33.2 Å². The van der Waals surface area contributed by atoms with Crippen molar-refractivity contribution in [3.8, 4) is 5.75 Å². The molecule has 13 N–H and O–H groups in total. The Bertz CT molecular complexity index is 1010. The first-order valence-electron chi connectivity index (χ1n) is 11.4. The number of nitrogens with two attached hydrogens (primary N) is 3. The molecule has 0 radical (unpaired) electrons. The number of phenolic OH excluding ortho intramolecular Hbond substituents is 1. The maximum absolute atomic E-state index is 13.0. The van der Waals surface area contributed by atoms with Crippen molar-refractivity contribution in [2.45, 2.75) is 49.9 Å². The second-order valence-corrected chi connectivity index (χ2v) is 8.23. The lowest BCUT2D eigenvalue weighted by molar-refractivity contribution is -0.143. The Kier molecular flexibility index (Phi) is 13.0. The fourth-order valence-corrected chi connectivity index (χ4v) is 3.13. The molecule has 0 aliphatic rings. The summed E-state index contributed by atoms with van der Waals surface area (Å²) in [6.45, 7) is -0.695. The molecule has 0 fully saturated rings. The molecule has 1 rings (SSSR count). The Morgan fingerprint density at radius 2 is 1.42 bits per heavy atom. The van der Waals surface area contributed by atoms with Crippen molar-refractivity contribution >= 4 is 35.6 Å². The minimum atomic E-state index is -1.65. The second kappa shape index (κ2) is 15.6. The average molecular weight is 540 g/mol. The van der Waals surface area contributed by atoms with Crippen LogP contribution in [0.2, 0.25) is 0 Å². The van der Waals surface area contributed by atoms with Gasteiger partial charge < -0.3 is 53.6 Å². The fourth-order valence-electron chi connectivity index (χ4n) is 3.13. The number of hydrogen-bond acceptors (Lipinski definition) is 9. The Hall–Kier alpha value is -4.44. The lowest BCUT2D eigenvalue weighted by Crippen LogP contribution is -2.58. The number of nitrogens with zero attached hydrogens (tertiary/aromatic N) is 1. The van der Waals surface area contributed by atoms with Gasteiger partial charge in [0.15, 0.2) is 5.96 Å². The number of carbonyl (C=O) groups is 5. The number of aliphatic hydroxyl groups is 1. The number of carboxylic acid groups (broad SMARTS) is 2. The van der Waals surface area contributed by atoms with Crippen LogP contribution in [-0.2, 0) is 30.4 Å². The molecule has 0 saturated carbocycles. The number of carbonyl (C=O) groups excluding carboxylic acids is 3. The van der Waals surface area contributed by atoms with Gasteiger partial charge in [-0.2, -0.15) is 0 Å². The van der Waals surface area contributed by atoms with Gasteiger partial charge in [-0.15, -0.1) is 0 Å². The predicted octanol–water partition coefficient (Wildman–Crippen LogP) is -3.68. The van der Waals surface area contributed by atoms with E-state index in [0.717, 1.165) is 0 Å². The van der Waals surface area contributed by atoms with Crippen LogP contribution in [-0.4, -0.2) is 93.4 Å². The summed E-state index contributed by atoms with van der Waals surface area (Å²) >= 11 is 0. The third-order valence-electron chi connectivity index (χ3n) is 5.11. The highest BCUT2D eigenvalue weighted by atomic mass is 16.4. The van der Waals surface area contributed by atoms with Crippen molar-refractivity contribution in [2.75, 3.05) is 13.2 Å². The van der Waals surface area contributed by atoms with Crippen molar-refractivity contribution in [1.29, 1.82) is 0 Å². The number of nitrogens with one attached hydrogen (secondary N) is 3. The van der Waals surface area contributed by atoms with E-state index >= 15 is 0 Å². The molecule has 0 heterocycles. The number of aromatic hydroxyl groups is 1. The molecule has 16 heteroatoms. The minimum absolute atomic E-state index is 0.0313. The van der Waals surface area contributed by atoms with E-state index in [0.29, 0.717) is 5.56 Å². The molecule has 16 nitrogen and oxygen atoms in total. The van der Waals surface area contributed by atoms with E-state index in [9.17, 15) is 34.2 Å². The zero-order chi connectivity index (χ0) is 28.8. The van der Waals surface area contributed by atoms with Crippen molar-refractivity contribution in [3.05, 3.63) is 29.8 Å². The zero-order valence-corrected chi connectivity index (χ0v) is 20.4. The van der Waals surface area contributed by atoms with Crippen LogP contribution in [0.3, 0.4) is 0 Å². The number of benzene rings is 1. The highest BCUT2D eigenvalue weighted by molar-refractivity contribution is 5.95. The van der Waals surface area contributed by atoms with Crippen LogP contribution in [0.15, 0.2) is 29.3 Å². The van der Waals surface area contributed by atoms with Crippen LogP contribution >= 0.6 is 0 Å². The summed E-state index contributed by atoms with van der Waals surface area (Å²) in [5.74, 6) is -6.01. The molecule has 1 aromatic rings. The summed E-state index contributed by atoms with van der Waals surface area (Å²) in [7, 11) is 0. The zero-order valence-electron chi connectivity index (χ0n) is 20.4. The maximum atomic E-state index is 13.0. The quantitative estimate of drug-likeness (QED) is 0.0552. The molecule has 0 saturated heterocycles. The normalized spacial score (nSPS) is 13.7. The molecule has 210 valence electrons. The Labute approximate surface area is 217 Å². The average Bonchev–Trinajstić information content (AvgIpc) is 2.84. The number of aliphatic carboxylic acids is 2. The van der Waals surface area contributed by atoms with Crippen LogP contribution in [0, 0.1) is 0 Å². The van der Waals surface area contributed by atoms with Crippen molar-refractivity contribution < 1.29 is 44.4 Å². The molecule has 0 aliphatic heterocycles. The molecule has 4 unspecified atom stereocenters. The SMILES string of the molecule is NC(N)=NCCCC(NC(=O)C(CC(=O)O)NC(=O)C(N)CO)C(=O)NC(Cc1ccc(O)cc1)C(=O)O. The number of amides is 3. The van der Waals surface area contributed by atoms with Gasteiger partial charge in [-0.1, -0.05) is 12.1 Å². The summed E-state index contributed by atoms with van der Waals surface area (Å²) in [5, 5.41) is 43.9. The Morgan fingerprint density at radius 1 is 0.868 bits per heavy atom. The summed E-state index contributed by atoms with van der Waals surface area (Å²) in [6.07, 6.45) is -0.926. The molecule has 38 heavy (non-hydrogen) atoms. The van der Waals surface area contributed by atoms with Crippen molar-refractivity contribution in [1.82, 2.24) is 16.0 Å². The van der Waals surface area contributed by atoms with Gasteiger partial charge in [0.25, 0.3) is 0 Å². The molecule has 3 amide bonds. The minimum Gasteiger partial charge on any atom is -0.508 e. The number of rotatable bonds is 16. The number of guanidine groups is 1. The van der Waals surface area contributed by atoms with Gasteiger partial charge in [0.1, 0.15) is 29.9 Å². The topological polar surface area (TPSA) is 293 Å². The monoisotopic (exact) mass is 539 g/mol. The van der Waals surface area contributed by atoms with Gasteiger partial charge >= 0.3 is 11.9 Å². The van der Waals surface area contributed by atoms with Crippen LogP contribution in [0.25, 0.3) is 0 Å². The maximum Gasteiger partial charge on any atom is 0.326 e. The number of aliphatic imine (C=N–C) groups is 1. The molecule has 1 aromatic carbocycles. The highest BCUT2D eigenvalue weighted by Gasteiger charge is 2.31. The van der Waals surface area contributed by atoms with Crippen molar-refractivity contribution in [3.63, 3.8) is 0 Å². The van der Waals surface area contributed by atoms with E-state index in [1.54, 1.807) is 0 Å². The third-order valence-corrected chi connectivity index (χ3v) is 5.11. The summed E-state index contributed by atoms with van der Waals surface area (Å²) < 4.78 is 0. The molecule has 0 spiro atoms. The first-order valence-corrected chi connectivity index (χ1v) is 11.4. The van der Waals surface area contributed by atoms with E-state index in [1.807, 2.05) is 0 Å². The molecule has 0 bridgehead atoms. The number of aliphatic hydroxyl groups excluding tert-OH is 1. The molecule has 0 aliphatic carbocycles. The summed E-state index contributed by atoms with van der Waals surface area (Å²) in [6, 6.07) is -0.208. The van der Waals surface area contributed by atoms with E-state index in [1.165, 1.54) is 24.3 Å². The lowest BCUT2D eigenvalue weighted by atomic mass is 10.0. The first-order chi connectivity index (χ1) is 17.8. The fraction of sp³-hybridized carbons (Fsp3) is 0.455. The van der Waals surface area contributed by atoms with Gasteiger partial charge in [0.05, 0.1) is 13.0 Å². The first kappa shape index (κ1) is 31.6. The van der Waals surface area contributed by atoms with E-state index in [-0.39, 0.29) is 37.5 Å². The van der Waals surface area contributed by atoms with E-state index in [2.05, 4.69) is 20.9 Å². The van der Waals surface area contributed by atoms with E-state index in [4.69, 9.17) is 27.4 Å². The second-order valence-electron chi connectivity index (χ2n) is 8.23. The standard InChI is InChI=1S/C22H33N7O9/c23-13(10-30)18(34)28-15(9-17(32)33)20(36)27-14(2-1-7-26-22(24)25)19(35)29-16(21(37)38)8-11-3-5-12(31)6-4-11/h3-6,13-16,30-31H,1-2,7-10,23H2,(H,27,36)(H,28,34)(H,29,35)(H,32,33)(H,37,38)(H4,24,25,26). The molecular weight excluding hydrogens is 506 g/mol. The molecule has 4 atom stereocenters. The van der Waals surface area contributed by atoms with Gasteiger partial charge in [0.2, 0.25) is 17.7 Å². The Morgan fingerprint density at radius 3 is 1.95 bits per heavy atom. The highest BCUT2D eigenvalue weighted by Crippen LogP contribution is 2.12.